The van der Waals surface area contributed by atoms with Gasteiger partial charge in [0.05, 0.1) is 22.9 Å². The molecular formula is C30H44O7. The first-order valence-electron chi connectivity index (χ1n) is 14.1. The third-order valence-corrected chi connectivity index (χ3v) is 13.4. The van der Waals surface area contributed by atoms with E-state index in [1.54, 1.807) is 0 Å². The van der Waals surface area contributed by atoms with Crippen LogP contribution in [0.1, 0.15) is 86.0 Å². The van der Waals surface area contributed by atoms with E-state index in [9.17, 15) is 34.8 Å². The number of allylic oxidation sites excluding steroid dienone is 1. The molecule has 0 aromatic heterocycles. The highest BCUT2D eigenvalue weighted by Crippen LogP contribution is 2.79. The van der Waals surface area contributed by atoms with Crippen LogP contribution in [0.5, 0.6) is 0 Å². The fourth-order valence-electron chi connectivity index (χ4n) is 11.9. The average Bonchev–Trinajstić information content (AvgIpc) is 3.26. The van der Waals surface area contributed by atoms with Crippen molar-refractivity contribution in [3.05, 3.63) is 12.2 Å². The summed E-state index contributed by atoms with van der Waals surface area (Å²) < 4.78 is 0. The van der Waals surface area contributed by atoms with E-state index in [2.05, 4.69) is 13.5 Å². The molecule has 7 nitrogen and oxygen atoms in total. The molecule has 0 heterocycles. The average molecular weight is 517 g/mol. The molecule has 5 aliphatic rings. The minimum Gasteiger partial charge on any atom is -0.481 e. The maximum absolute atomic E-state index is 13.6. The second kappa shape index (κ2) is 7.83. The van der Waals surface area contributed by atoms with Crippen molar-refractivity contribution in [2.45, 2.75) is 92.1 Å². The summed E-state index contributed by atoms with van der Waals surface area (Å²) >= 11 is 0. The zero-order valence-corrected chi connectivity index (χ0v) is 22.9. The van der Waals surface area contributed by atoms with Gasteiger partial charge in [-0.1, -0.05) is 39.8 Å². The summed E-state index contributed by atoms with van der Waals surface area (Å²) in [6.45, 7) is 14.1. The SMILES string of the molecule is C=C(C)[C@@H]1CC[C@]2(C(=O)O)CC[C@]3(C(=O)O)[C@H](CC[C@@H]4[C@@]5(C)[C@@H](C(=O)O)[C@H](O)C(C)(C)[C@@H]5CC[C@]43C)[C@@H]12. The van der Waals surface area contributed by atoms with Crippen molar-refractivity contribution in [3.63, 3.8) is 0 Å². The van der Waals surface area contributed by atoms with Crippen LogP contribution in [0, 0.1) is 62.6 Å². The molecule has 0 aromatic rings. The number of aliphatic hydroxyl groups is 1. The molecule has 4 N–H and O–H groups in total. The van der Waals surface area contributed by atoms with E-state index in [-0.39, 0.29) is 29.6 Å². The molecule has 37 heavy (non-hydrogen) atoms. The Balaban J connectivity index is 1.69. The molecule has 0 unspecified atom stereocenters. The van der Waals surface area contributed by atoms with Gasteiger partial charge in [-0.2, -0.15) is 0 Å². The molecule has 206 valence electrons. The van der Waals surface area contributed by atoms with Crippen LogP contribution in [0.3, 0.4) is 0 Å². The van der Waals surface area contributed by atoms with Crippen molar-refractivity contribution in [3.8, 4) is 0 Å². The zero-order chi connectivity index (χ0) is 27.5. The lowest BCUT2D eigenvalue weighted by Crippen LogP contribution is -2.68. The van der Waals surface area contributed by atoms with Gasteiger partial charge in [-0.3, -0.25) is 14.4 Å². The summed E-state index contributed by atoms with van der Waals surface area (Å²) in [7, 11) is 0. The largest absolute Gasteiger partial charge is 0.481 e. The van der Waals surface area contributed by atoms with E-state index in [4.69, 9.17) is 0 Å². The Morgan fingerprint density at radius 3 is 2.00 bits per heavy atom. The Morgan fingerprint density at radius 2 is 1.46 bits per heavy atom. The molecule has 11 atom stereocenters. The molecule has 0 spiro atoms. The normalized spacial score (nSPS) is 51.8. The van der Waals surface area contributed by atoms with E-state index in [0.29, 0.717) is 44.9 Å². The Morgan fingerprint density at radius 1 is 0.811 bits per heavy atom. The lowest BCUT2D eigenvalue weighted by Gasteiger charge is -2.69. The first-order valence-corrected chi connectivity index (χ1v) is 14.1. The second-order valence-corrected chi connectivity index (χ2v) is 14.4. The van der Waals surface area contributed by atoms with Gasteiger partial charge in [0.2, 0.25) is 0 Å². The number of carboxylic acids is 3. The maximum Gasteiger partial charge on any atom is 0.310 e. The molecule has 5 saturated carbocycles. The molecule has 0 saturated heterocycles. The van der Waals surface area contributed by atoms with Gasteiger partial charge in [0.15, 0.2) is 0 Å². The highest BCUT2D eigenvalue weighted by atomic mass is 16.4. The quantitative estimate of drug-likeness (QED) is 0.383. The van der Waals surface area contributed by atoms with E-state index >= 15 is 0 Å². The Hall–Kier alpha value is -1.89. The molecule has 5 rings (SSSR count). The van der Waals surface area contributed by atoms with Crippen LogP contribution in [0.25, 0.3) is 0 Å². The summed E-state index contributed by atoms with van der Waals surface area (Å²) in [5.74, 6) is -4.47. The molecule has 0 aromatic carbocycles. The number of fused-ring (bicyclic) bond motifs is 7. The van der Waals surface area contributed by atoms with Crippen LogP contribution < -0.4 is 0 Å². The fraction of sp³-hybridized carbons (Fsp3) is 0.833. The van der Waals surface area contributed by atoms with E-state index in [0.717, 1.165) is 12.0 Å². The molecule has 0 bridgehead atoms. The van der Waals surface area contributed by atoms with Crippen LogP contribution in [0.4, 0.5) is 0 Å². The minimum absolute atomic E-state index is 0.0220. The second-order valence-electron chi connectivity index (χ2n) is 14.4. The molecule has 5 fully saturated rings. The predicted octanol–water partition coefficient (Wildman–Crippen LogP) is 5.07. The molecule has 5 aliphatic carbocycles. The predicted molar refractivity (Wildman–Crippen MR) is 136 cm³/mol. The Bertz CT molecular complexity index is 1060. The van der Waals surface area contributed by atoms with Crippen LogP contribution >= 0.6 is 0 Å². The van der Waals surface area contributed by atoms with Gasteiger partial charge < -0.3 is 20.4 Å². The van der Waals surface area contributed by atoms with Crippen molar-refractivity contribution in [1.29, 1.82) is 0 Å². The van der Waals surface area contributed by atoms with Gasteiger partial charge >= 0.3 is 17.9 Å². The topological polar surface area (TPSA) is 132 Å². The third kappa shape index (κ3) is 2.85. The Kier molecular flexibility index (Phi) is 5.65. The van der Waals surface area contributed by atoms with Gasteiger partial charge in [-0.25, -0.2) is 0 Å². The maximum atomic E-state index is 13.6. The molecule has 0 radical (unpaired) electrons. The fourth-order valence-corrected chi connectivity index (χ4v) is 11.9. The number of hydrogen-bond acceptors (Lipinski definition) is 4. The summed E-state index contributed by atoms with van der Waals surface area (Å²) in [5.41, 5.74) is -3.16. The van der Waals surface area contributed by atoms with Crippen LogP contribution in [0.15, 0.2) is 12.2 Å². The molecule has 0 aliphatic heterocycles. The Labute approximate surface area is 219 Å². The first-order chi connectivity index (χ1) is 17.0. The number of carbonyl (C=O) groups is 3. The van der Waals surface area contributed by atoms with Gasteiger partial charge in [0.1, 0.15) is 0 Å². The number of rotatable bonds is 4. The van der Waals surface area contributed by atoms with E-state index < -0.39 is 57.0 Å². The number of carboxylic acid groups (broad SMARTS) is 3. The highest BCUT2D eigenvalue weighted by molar-refractivity contribution is 5.81. The lowest BCUT2D eigenvalue weighted by atomic mass is 9.33. The van der Waals surface area contributed by atoms with Gasteiger partial charge in [0.25, 0.3) is 0 Å². The zero-order valence-electron chi connectivity index (χ0n) is 22.9. The summed E-state index contributed by atoms with van der Waals surface area (Å²) in [6, 6.07) is 0. The van der Waals surface area contributed by atoms with E-state index in [1.807, 2.05) is 27.7 Å². The van der Waals surface area contributed by atoms with Crippen LogP contribution in [-0.2, 0) is 14.4 Å². The van der Waals surface area contributed by atoms with Crippen molar-refractivity contribution < 1.29 is 34.8 Å². The molecule has 7 heteroatoms. The number of aliphatic hydroxyl groups excluding tert-OH is 1. The number of aliphatic carboxylic acids is 3. The summed E-state index contributed by atoms with van der Waals surface area (Å²) in [6.07, 6.45) is 3.44. The summed E-state index contributed by atoms with van der Waals surface area (Å²) in [4.78, 5) is 39.0. The summed E-state index contributed by atoms with van der Waals surface area (Å²) in [5, 5.41) is 43.3. The highest BCUT2D eigenvalue weighted by Gasteiger charge is 2.78. The smallest absolute Gasteiger partial charge is 0.310 e. The minimum atomic E-state index is -1.13. The van der Waals surface area contributed by atoms with Crippen LogP contribution in [-0.4, -0.2) is 44.4 Å². The first kappa shape index (κ1) is 26.7. The standard InChI is InChI=1S/C30H44O7/c1-15(2)16-9-12-29(24(34)35)13-14-30(25(36)37)17(20(16)29)7-8-19-27(30,5)11-10-18-26(3,4)22(31)21(23(32)33)28(18,19)6/h16-22,31H,1,7-14H2,2-6H3,(H,32,33)(H,34,35)(H,36,37)/t16-,17+,18-,19-,20+,21+,22-,27+,28-,29-,30+/m0/s1. The van der Waals surface area contributed by atoms with Gasteiger partial charge in [-0.05, 0) is 104 Å². The van der Waals surface area contributed by atoms with Crippen molar-refractivity contribution in [2.75, 3.05) is 0 Å². The third-order valence-electron chi connectivity index (χ3n) is 13.4. The lowest BCUT2D eigenvalue weighted by molar-refractivity contribution is -0.239. The van der Waals surface area contributed by atoms with Gasteiger partial charge in [-0.15, -0.1) is 0 Å². The van der Waals surface area contributed by atoms with E-state index in [1.165, 1.54) is 0 Å². The monoisotopic (exact) mass is 516 g/mol. The van der Waals surface area contributed by atoms with Gasteiger partial charge in [0, 0.05) is 0 Å². The van der Waals surface area contributed by atoms with Crippen molar-refractivity contribution >= 4 is 17.9 Å². The molecule has 0 amide bonds. The van der Waals surface area contributed by atoms with Crippen molar-refractivity contribution in [2.24, 2.45) is 62.6 Å². The van der Waals surface area contributed by atoms with Crippen LogP contribution in [0.2, 0.25) is 0 Å². The number of hydrogen-bond donors (Lipinski definition) is 4. The molecular weight excluding hydrogens is 472 g/mol. The van der Waals surface area contributed by atoms with Crippen molar-refractivity contribution in [1.82, 2.24) is 0 Å².